The molecular formula is C27H32F3N5O3. The SMILES string of the molecule is O=C(CC12CC3CC(C1)CC(n1cc([N+](=O)[O-])cn1)(C3)C2)N1CCN(Cc2cccc(C(F)(F)F)c2)CC1. The summed E-state index contributed by atoms with van der Waals surface area (Å²) in [4.78, 5) is 28.4. The number of hydrogen-bond donors (Lipinski definition) is 0. The molecule has 2 unspecified atom stereocenters. The standard InChI is InChI=1S/C27H32F3N5O3/c28-27(29,30)22-3-1-2-19(9-22)16-32-4-6-33(7-5-32)24(36)14-25-10-20-8-21(11-25)13-26(12-20,18-25)34-17-23(15-31-34)35(37)38/h1-3,9,15,17,20-21H,4-8,10-14,16,18H2. The number of carbonyl (C=O) groups is 1. The first-order valence-electron chi connectivity index (χ1n) is 13.4. The van der Waals surface area contributed by atoms with Crippen LogP contribution >= 0.6 is 0 Å². The molecule has 5 fully saturated rings. The molecule has 4 aliphatic carbocycles. The number of halogens is 3. The van der Waals surface area contributed by atoms with Gasteiger partial charge in [-0.2, -0.15) is 18.3 Å². The van der Waals surface area contributed by atoms with Gasteiger partial charge in [0, 0.05) is 39.1 Å². The molecule has 2 aromatic rings. The summed E-state index contributed by atoms with van der Waals surface area (Å²) in [6.45, 7) is 2.81. The van der Waals surface area contributed by atoms with Crippen LogP contribution in [0.5, 0.6) is 0 Å². The Bertz CT molecular complexity index is 1220. The Kier molecular flexibility index (Phi) is 6.04. The highest BCUT2D eigenvalue weighted by atomic mass is 19.4. The number of benzene rings is 1. The maximum absolute atomic E-state index is 13.5. The van der Waals surface area contributed by atoms with Crippen LogP contribution in [0.15, 0.2) is 36.7 Å². The van der Waals surface area contributed by atoms with E-state index in [9.17, 15) is 28.1 Å². The number of piperazine rings is 1. The van der Waals surface area contributed by atoms with Crippen LogP contribution in [0, 0.1) is 27.4 Å². The molecule has 0 N–H and O–H groups in total. The molecule has 38 heavy (non-hydrogen) atoms. The lowest BCUT2D eigenvalue weighted by Crippen LogP contribution is -2.58. The largest absolute Gasteiger partial charge is 0.416 e. The molecule has 1 saturated heterocycles. The van der Waals surface area contributed by atoms with Crippen molar-refractivity contribution >= 4 is 11.6 Å². The van der Waals surface area contributed by atoms with Crippen LogP contribution < -0.4 is 0 Å². The highest BCUT2D eigenvalue weighted by molar-refractivity contribution is 5.77. The molecule has 5 aliphatic rings. The van der Waals surface area contributed by atoms with Crippen molar-refractivity contribution in [2.75, 3.05) is 26.2 Å². The second-order valence-corrected chi connectivity index (χ2v) is 12.1. The number of hydrogen-bond acceptors (Lipinski definition) is 5. The molecule has 4 saturated carbocycles. The lowest BCUT2D eigenvalue weighted by atomic mass is 9.46. The van der Waals surface area contributed by atoms with Crippen molar-refractivity contribution in [2.45, 2.75) is 63.2 Å². The second kappa shape index (κ2) is 9.07. The van der Waals surface area contributed by atoms with Crippen LogP contribution in [-0.2, 0) is 23.1 Å². The molecule has 204 valence electrons. The highest BCUT2D eigenvalue weighted by Crippen LogP contribution is 2.65. The lowest BCUT2D eigenvalue weighted by molar-refractivity contribution is -0.385. The maximum Gasteiger partial charge on any atom is 0.416 e. The number of aromatic nitrogens is 2. The third-order valence-electron chi connectivity index (χ3n) is 9.33. The number of alkyl halides is 3. The van der Waals surface area contributed by atoms with Crippen molar-refractivity contribution < 1.29 is 22.9 Å². The van der Waals surface area contributed by atoms with Gasteiger partial charge in [-0.25, -0.2) is 0 Å². The molecule has 8 nitrogen and oxygen atoms in total. The zero-order chi connectivity index (χ0) is 26.7. The molecule has 4 bridgehead atoms. The van der Waals surface area contributed by atoms with E-state index in [2.05, 4.69) is 10.00 Å². The Hall–Kier alpha value is -2.95. The van der Waals surface area contributed by atoms with E-state index in [1.807, 2.05) is 9.58 Å². The molecule has 11 heteroatoms. The predicted octanol–water partition coefficient (Wildman–Crippen LogP) is 4.84. The van der Waals surface area contributed by atoms with E-state index in [0.29, 0.717) is 56.5 Å². The molecule has 7 rings (SSSR count). The van der Waals surface area contributed by atoms with Gasteiger partial charge in [0.05, 0.1) is 16.0 Å². The fourth-order valence-corrected chi connectivity index (χ4v) is 8.24. The first-order valence-corrected chi connectivity index (χ1v) is 13.4. The number of nitrogens with zero attached hydrogens (tertiary/aromatic N) is 5. The fraction of sp³-hybridized carbons (Fsp3) is 0.630. The van der Waals surface area contributed by atoms with Gasteiger partial charge in [-0.05, 0) is 67.4 Å². The second-order valence-electron chi connectivity index (χ2n) is 12.1. The van der Waals surface area contributed by atoms with Gasteiger partial charge >= 0.3 is 11.9 Å². The van der Waals surface area contributed by atoms with Crippen molar-refractivity contribution in [1.29, 1.82) is 0 Å². The quantitative estimate of drug-likeness (QED) is 0.394. The number of carbonyl (C=O) groups excluding carboxylic acids is 1. The molecule has 0 radical (unpaired) electrons. The minimum absolute atomic E-state index is 0.00822. The van der Waals surface area contributed by atoms with Crippen LogP contribution in [-0.4, -0.2) is 56.6 Å². The van der Waals surface area contributed by atoms with E-state index in [1.54, 1.807) is 12.3 Å². The minimum Gasteiger partial charge on any atom is -0.340 e. The van der Waals surface area contributed by atoms with Crippen LogP contribution in [0.3, 0.4) is 0 Å². The zero-order valence-corrected chi connectivity index (χ0v) is 21.2. The summed E-state index contributed by atoms with van der Waals surface area (Å²) >= 11 is 0. The molecule has 1 aromatic heterocycles. The lowest BCUT2D eigenvalue weighted by Gasteiger charge is -2.62. The molecule has 0 spiro atoms. The van der Waals surface area contributed by atoms with Crippen LogP contribution in [0.2, 0.25) is 0 Å². The van der Waals surface area contributed by atoms with Gasteiger partial charge in [0.1, 0.15) is 12.4 Å². The van der Waals surface area contributed by atoms with Crippen molar-refractivity contribution in [2.24, 2.45) is 17.3 Å². The van der Waals surface area contributed by atoms with Gasteiger partial charge in [-0.15, -0.1) is 0 Å². The van der Waals surface area contributed by atoms with Crippen LogP contribution in [0.4, 0.5) is 18.9 Å². The Morgan fingerprint density at radius 1 is 1.11 bits per heavy atom. The summed E-state index contributed by atoms with van der Waals surface area (Å²) in [7, 11) is 0. The topological polar surface area (TPSA) is 84.5 Å². The Morgan fingerprint density at radius 2 is 1.82 bits per heavy atom. The highest BCUT2D eigenvalue weighted by Gasteiger charge is 2.59. The fourth-order valence-electron chi connectivity index (χ4n) is 8.24. The van der Waals surface area contributed by atoms with Gasteiger partial charge in [0.2, 0.25) is 5.91 Å². The van der Waals surface area contributed by atoms with Crippen molar-refractivity contribution in [1.82, 2.24) is 19.6 Å². The minimum atomic E-state index is -4.36. The average Bonchev–Trinajstić information content (AvgIpc) is 3.35. The van der Waals surface area contributed by atoms with Crippen molar-refractivity contribution in [3.8, 4) is 0 Å². The smallest absolute Gasteiger partial charge is 0.340 e. The van der Waals surface area contributed by atoms with Gasteiger partial charge < -0.3 is 4.90 Å². The van der Waals surface area contributed by atoms with Gasteiger partial charge in [-0.3, -0.25) is 24.5 Å². The van der Waals surface area contributed by atoms with Gasteiger partial charge in [-0.1, -0.05) is 18.2 Å². The Labute approximate surface area is 218 Å². The number of nitro groups is 1. The van der Waals surface area contributed by atoms with Gasteiger partial charge in [0.25, 0.3) is 0 Å². The van der Waals surface area contributed by atoms with Crippen molar-refractivity contribution in [3.05, 3.63) is 57.9 Å². The summed E-state index contributed by atoms with van der Waals surface area (Å²) in [5.41, 5.74) is -0.354. The van der Waals surface area contributed by atoms with E-state index >= 15 is 0 Å². The van der Waals surface area contributed by atoms with E-state index in [0.717, 1.165) is 44.6 Å². The molecule has 2 atom stereocenters. The summed E-state index contributed by atoms with van der Waals surface area (Å²) in [5, 5.41) is 15.7. The molecule has 1 aromatic carbocycles. The summed E-state index contributed by atoms with van der Waals surface area (Å²) < 4.78 is 41.0. The van der Waals surface area contributed by atoms with E-state index in [-0.39, 0.29) is 22.5 Å². The monoisotopic (exact) mass is 531 g/mol. The predicted molar refractivity (Wildman–Crippen MR) is 132 cm³/mol. The van der Waals surface area contributed by atoms with Crippen LogP contribution in [0.1, 0.15) is 56.1 Å². The van der Waals surface area contributed by atoms with Gasteiger partial charge in [0.15, 0.2) is 0 Å². The average molecular weight is 532 g/mol. The third-order valence-corrected chi connectivity index (χ3v) is 9.33. The number of amides is 1. The molecule has 1 amide bonds. The zero-order valence-electron chi connectivity index (χ0n) is 21.2. The summed E-state index contributed by atoms with van der Waals surface area (Å²) in [6, 6.07) is 5.44. The van der Waals surface area contributed by atoms with E-state index in [4.69, 9.17) is 0 Å². The third kappa shape index (κ3) is 4.69. The van der Waals surface area contributed by atoms with E-state index in [1.165, 1.54) is 18.3 Å². The first-order chi connectivity index (χ1) is 18.0. The normalized spacial score (nSPS) is 31.1. The summed E-state index contributed by atoms with van der Waals surface area (Å²) in [5.74, 6) is 1.17. The van der Waals surface area contributed by atoms with Crippen molar-refractivity contribution in [3.63, 3.8) is 0 Å². The molecule has 2 heterocycles. The molecular weight excluding hydrogens is 499 g/mol. The number of rotatable bonds is 6. The van der Waals surface area contributed by atoms with Crippen LogP contribution in [0.25, 0.3) is 0 Å². The molecule has 1 aliphatic heterocycles. The maximum atomic E-state index is 13.5. The first kappa shape index (κ1) is 25.3. The van der Waals surface area contributed by atoms with E-state index < -0.39 is 16.7 Å². The Morgan fingerprint density at radius 3 is 2.45 bits per heavy atom. The summed E-state index contributed by atoms with van der Waals surface area (Å²) in [6.07, 6.45) is 4.98. The Balaban J connectivity index is 1.09.